The smallest absolute Gasteiger partial charge is 0.288 e. The summed E-state index contributed by atoms with van der Waals surface area (Å²) in [5.74, 6) is 5.93. The van der Waals surface area contributed by atoms with Gasteiger partial charge in [0, 0.05) is 19.7 Å². The normalized spacial score (nSPS) is 10.2. The quantitative estimate of drug-likeness (QED) is 0.595. The maximum Gasteiger partial charge on any atom is 0.331 e. The molecule has 1 aromatic heterocycles. The topological polar surface area (TPSA) is 44.0 Å². The Morgan fingerprint density at radius 2 is 1.40 bits per heavy atom. The Bertz CT molecular complexity index is 1060. The summed E-state index contributed by atoms with van der Waals surface area (Å²) in [6.07, 6.45) is 0. The summed E-state index contributed by atoms with van der Waals surface area (Å²) in [6.45, 7) is 0. The highest BCUT2D eigenvalue weighted by atomic mass is 79.9. The molecule has 2 aromatic carbocycles. The molecule has 0 amide bonds. The van der Waals surface area contributed by atoms with Crippen LogP contribution in [-0.4, -0.2) is 9.13 Å². The number of benzene rings is 2. The van der Waals surface area contributed by atoms with Crippen molar-refractivity contribution in [2.45, 2.75) is 0 Å². The standard InChI is InChI=1S/C20H15BrN2O2/c1-22-17(18(21)19(24)23(2)20(22)25)13-10-14-8-11-16(12-9-14)15-6-4-3-5-7-15/h3-9,11-12H,1-2H3. The van der Waals surface area contributed by atoms with E-state index in [1.165, 1.54) is 11.6 Å². The van der Waals surface area contributed by atoms with Crippen LogP contribution in [0.4, 0.5) is 0 Å². The number of halogens is 1. The van der Waals surface area contributed by atoms with Crippen LogP contribution in [0.1, 0.15) is 11.3 Å². The van der Waals surface area contributed by atoms with Crippen LogP contribution in [0.25, 0.3) is 11.1 Å². The van der Waals surface area contributed by atoms with Gasteiger partial charge in [-0.2, -0.15) is 0 Å². The molecule has 0 aliphatic heterocycles. The average Bonchev–Trinajstić information content (AvgIpc) is 2.66. The van der Waals surface area contributed by atoms with E-state index < -0.39 is 11.2 Å². The van der Waals surface area contributed by atoms with Crippen LogP contribution in [0.3, 0.4) is 0 Å². The van der Waals surface area contributed by atoms with Crippen molar-refractivity contribution in [3.63, 3.8) is 0 Å². The predicted molar refractivity (Wildman–Crippen MR) is 102 cm³/mol. The number of aromatic nitrogens is 2. The van der Waals surface area contributed by atoms with Gasteiger partial charge in [-0.1, -0.05) is 48.4 Å². The second-order valence-electron chi connectivity index (χ2n) is 5.56. The summed E-state index contributed by atoms with van der Waals surface area (Å²) in [5.41, 5.74) is 2.61. The molecule has 25 heavy (non-hydrogen) atoms. The van der Waals surface area contributed by atoms with Crippen molar-refractivity contribution in [2.24, 2.45) is 14.1 Å². The zero-order chi connectivity index (χ0) is 18.0. The average molecular weight is 395 g/mol. The Hall–Kier alpha value is -2.84. The lowest BCUT2D eigenvalue weighted by atomic mass is 10.0. The Kier molecular flexibility index (Phi) is 4.73. The summed E-state index contributed by atoms with van der Waals surface area (Å²) in [5, 5.41) is 0. The van der Waals surface area contributed by atoms with Gasteiger partial charge in [0.1, 0.15) is 10.2 Å². The fourth-order valence-corrected chi connectivity index (χ4v) is 3.08. The number of rotatable bonds is 1. The molecule has 0 unspecified atom stereocenters. The van der Waals surface area contributed by atoms with Crippen molar-refractivity contribution in [1.29, 1.82) is 0 Å². The number of hydrogen-bond acceptors (Lipinski definition) is 2. The molecule has 5 heteroatoms. The van der Waals surface area contributed by atoms with Crippen LogP contribution < -0.4 is 11.2 Å². The lowest BCUT2D eigenvalue weighted by molar-refractivity contribution is 0.673. The van der Waals surface area contributed by atoms with Crippen LogP contribution in [0.5, 0.6) is 0 Å². The lowest BCUT2D eigenvalue weighted by Crippen LogP contribution is -2.38. The number of nitrogens with zero attached hydrogens (tertiary/aromatic N) is 2. The first kappa shape index (κ1) is 17.0. The maximum atomic E-state index is 12.0. The lowest BCUT2D eigenvalue weighted by Gasteiger charge is -2.06. The molecule has 124 valence electrons. The van der Waals surface area contributed by atoms with Gasteiger partial charge in [0.15, 0.2) is 0 Å². The summed E-state index contributed by atoms with van der Waals surface area (Å²) in [7, 11) is 3.03. The van der Waals surface area contributed by atoms with E-state index in [1.807, 2.05) is 54.6 Å². The van der Waals surface area contributed by atoms with Crippen molar-refractivity contribution in [1.82, 2.24) is 9.13 Å². The maximum absolute atomic E-state index is 12.0. The Balaban J connectivity index is 1.98. The zero-order valence-electron chi connectivity index (χ0n) is 13.8. The molecule has 3 aromatic rings. The SMILES string of the molecule is Cn1c(C#Cc2ccc(-c3ccccc3)cc2)c(Br)c(=O)n(C)c1=O. The molecule has 3 rings (SSSR count). The van der Waals surface area contributed by atoms with Gasteiger partial charge < -0.3 is 0 Å². The van der Waals surface area contributed by atoms with E-state index in [0.29, 0.717) is 5.69 Å². The molecular weight excluding hydrogens is 380 g/mol. The van der Waals surface area contributed by atoms with E-state index >= 15 is 0 Å². The molecule has 0 atom stereocenters. The third-order valence-electron chi connectivity index (χ3n) is 3.93. The first-order valence-corrected chi connectivity index (χ1v) is 8.41. The van der Waals surface area contributed by atoms with Gasteiger partial charge in [0.05, 0.1) is 0 Å². The van der Waals surface area contributed by atoms with Gasteiger partial charge in [0.25, 0.3) is 5.56 Å². The predicted octanol–water partition coefficient (Wildman–Crippen LogP) is 2.91. The van der Waals surface area contributed by atoms with E-state index in [0.717, 1.165) is 21.3 Å². The molecule has 0 radical (unpaired) electrons. The summed E-state index contributed by atoms with van der Waals surface area (Å²) >= 11 is 3.24. The van der Waals surface area contributed by atoms with Crippen LogP contribution in [0.15, 0.2) is 68.7 Å². The molecule has 0 bridgehead atoms. The Morgan fingerprint density at radius 3 is 2.04 bits per heavy atom. The molecule has 4 nitrogen and oxygen atoms in total. The third-order valence-corrected chi connectivity index (χ3v) is 4.64. The van der Waals surface area contributed by atoms with Gasteiger partial charge in [-0.15, -0.1) is 0 Å². The highest BCUT2D eigenvalue weighted by molar-refractivity contribution is 9.10. The van der Waals surface area contributed by atoms with Crippen molar-refractivity contribution in [2.75, 3.05) is 0 Å². The second kappa shape index (κ2) is 6.96. The molecule has 0 spiro atoms. The van der Waals surface area contributed by atoms with Crippen LogP contribution in [0, 0.1) is 11.8 Å². The summed E-state index contributed by atoms with van der Waals surface area (Å²) in [6, 6.07) is 17.9. The summed E-state index contributed by atoms with van der Waals surface area (Å²) in [4.78, 5) is 24.0. The fraction of sp³-hybridized carbons (Fsp3) is 0.100. The third kappa shape index (κ3) is 3.35. The largest absolute Gasteiger partial charge is 0.331 e. The first-order valence-electron chi connectivity index (χ1n) is 7.62. The van der Waals surface area contributed by atoms with Gasteiger partial charge in [-0.05, 0) is 45.1 Å². The van der Waals surface area contributed by atoms with E-state index in [-0.39, 0.29) is 4.47 Å². The van der Waals surface area contributed by atoms with E-state index in [4.69, 9.17) is 0 Å². The molecule has 0 saturated carbocycles. The zero-order valence-corrected chi connectivity index (χ0v) is 15.4. The van der Waals surface area contributed by atoms with Crippen molar-refractivity contribution in [3.05, 3.63) is 91.2 Å². The van der Waals surface area contributed by atoms with E-state index in [9.17, 15) is 9.59 Å². The first-order chi connectivity index (χ1) is 12.0. The highest BCUT2D eigenvalue weighted by Gasteiger charge is 2.11. The van der Waals surface area contributed by atoms with Crippen molar-refractivity contribution >= 4 is 15.9 Å². The van der Waals surface area contributed by atoms with Gasteiger partial charge in [0.2, 0.25) is 0 Å². The van der Waals surface area contributed by atoms with Crippen molar-refractivity contribution in [3.8, 4) is 23.0 Å². The fourth-order valence-electron chi connectivity index (χ4n) is 2.45. The monoisotopic (exact) mass is 394 g/mol. The molecule has 0 fully saturated rings. The van der Waals surface area contributed by atoms with E-state index in [1.54, 1.807) is 7.05 Å². The molecule has 0 aliphatic rings. The Morgan fingerprint density at radius 1 is 0.800 bits per heavy atom. The molecule has 0 aliphatic carbocycles. The minimum Gasteiger partial charge on any atom is -0.288 e. The van der Waals surface area contributed by atoms with Crippen LogP contribution >= 0.6 is 15.9 Å². The molecule has 0 N–H and O–H groups in total. The summed E-state index contributed by atoms with van der Waals surface area (Å²) < 4.78 is 2.69. The van der Waals surface area contributed by atoms with Crippen LogP contribution in [0.2, 0.25) is 0 Å². The minimum absolute atomic E-state index is 0.283. The molecular formula is C20H15BrN2O2. The second-order valence-corrected chi connectivity index (χ2v) is 6.35. The van der Waals surface area contributed by atoms with E-state index in [2.05, 4.69) is 27.8 Å². The Labute approximate surface area is 153 Å². The van der Waals surface area contributed by atoms with Crippen LogP contribution in [-0.2, 0) is 14.1 Å². The van der Waals surface area contributed by atoms with Crippen molar-refractivity contribution < 1.29 is 0 Å². The highest BCUT2D eigenvalue weighted by Crippen LogP contribution is 2.19. The molecule has 1 heterocycles. The number of hydrogen-bond donors (Lipinski definition) is 0. The molecule has 0 saturated heterocycles. The van der Waals surface area contributed by atoms with Gasteiger partial charge in [-0.25, -0.2) is 4.79 Å². The van der Waals surface area contributed by atoms with Gasteiger partial charge in [-0.3, -0.25) is 13.9 Å². The van der Waals surface area contributed by atoms with Gasteiger partial charge >= 0.3 is 5.69 Å². The minimum atomic E-state index is -0.406.